The van der Waals surface area contributed by atoms with Gasteiger partial charge in [0.05, 0.1) is 19.3 Å². The lowest BCUT2D eigenvalue weighted by Gasteiger charge is -2.33. The Balaban J connectivity index is 1.34. The van der Waals surface area contributed by atoms with E-state index in [2.05, 4.69) is 31.6 Å². The first-order chi connectivity index (χ1) is 10.8. The van der Waals surface area contributed by atoms with Crippen LogP contribution in [0.3, 0.4) is 0 Å². The van der Waals surface area contributed by atoms with E-state index in [-0.39, 0.29) is 0 Å². The monoisotopic (exact) mass is 303 g/mol. The molecule has 2 saturated heterocycles. The van der Waals surface area contributed by atoms with Crippen molar-refractivity contribution in [1.29, 1.82) is 0 Å². The number of nitrogens with zero attached hydrogens (tertiary/aromatic N) is 5. The number of aromatic nitrogens is 3. The molecule has 1 aromatic rings. The summed E-state index contributed by atoms with van der Waals surface area (Å²) in [4.78, 5) is 4.96. The number of morpholine rings is 1. The molecule has 3 heterocycles. The number of likely N-dealkylation sites (tertiary alicyclic amines) is 1. The third kappa shape index (κ3) is 2.28. The van der Waals surface area contributed by atoms with Crippen LogP contribution in [0.5, 0.6) is 0 Å². The van der Waals surface area contributed by atoms with Gasteiger partial charge in [0.15, 0.2) is 0 Å². The van der Waals surface area contributed by atoms with Crippen molar-refractivity contribution in [3.8, 4) is 0 Å². The molecule has 0 unspecified atom stereocenters. The lowest BCUT2D eigenvalue weighted by Crippen LogP contribution is -2.48. The minimum absolute atomic E-state index is 0.374. The van der Waals surface area contributed by atoms with Crippen molar-refractivity contribution >= 4 is 0 Å². The molecule has 0 N–H and O–H groups in total. The number of hydrogen-bond donors (Lipinski definition) is 0. The second-order valence-corrected chi connectivity index (χ2v) is 7.50. The third-order valence-corrected chi connectivity index (χ3v) is 5.67. The highest BCUT2D eigenvalue weighted by atomic mass is 16.5. The van der Waals surface area contributed by atoms with Crippen molar-refractivity contribution in [2.45, 2.75) is 56.3 Å². The zero-order valence-electron chi connectivity index (χ0n) is 13.3. The predicted molar refractivity (Wildman–Crippen MR) is 81.7 cm³/mol. The summed E-state index contributed by atoms with van der Waals surface area (Å²) in [5.74, 6) is 3.14. The fraction of sp³-hybridized carbons (Fsp3) is 0.875. The third-order valence-electron chi connectivity index (χ3n) is 5.67. The van der Waals surface area contributed by atoms with E-state index in [1.807, 2.05) is 0 Å². The maximum absolute atomic E-state index is 5.96. The molecule has 22 heavy (non-hydrogen) atoms. The van der Waals surface area contributed by atoms with Gasteiger partial charge in [-0.05, 0) is 32.7 Å². The molecule has 2 aliphatic heterocycles. The first-order valence-corrected chi connectivity index (χ1v) is 8.77. The SMILES string of the molecule is CN1CCO[C@@H]2CN(Cc3nnc(C4CC4)n3C3CC3)C[C@@H]21. The van der Waals surface area contributed by atoms with Gasteiger partial charge in [-0.15, -0.1) is 10.2 Å². The quantitative estimate of drug-likeness (QED) is 0.830. The summed E-state index contributed by atoms with van der Waals surface area (Å²) < 4.78 is 8.43. The molecule has 0 amide bonds. The summed E-state index contributed by atoms with van der Waals surface area (Å²) in [6.45, 7) is 4.98. The fourth-order valence-corrected chi connectivity index (χ4v) is 4.06. The molecule has 2 atom stereocenters. The molecule has 0 spiro atoms. The summed E-state index contributed by atoms with van der Waals surface area (Å²) in [5, 5.41) is 9.09. The largest absolute Gasteiger partial charge is 0.374 e. The lowest BCUT2D eigenvalue weighted by atomic mass is 10.1. The highest BCUT2D eigenvalue weighted by Gasteiger charge is 2.40. The summed E-state index contributed by atoms with van der Waals surface area (Å²) >= 11 is 0. The fourth-order valence-electron chi connectivity index (χ4n) is 4.06. The van der Waals surface area contributed by atoms with Crippen LogP contribution in [-0.4, -0.2) is 70.0 Å². The van der Waals surface area contributed by atoms with Crippen molar-refractivity contribution in [3.63, 3.8) is 0 Å². The summed E-state index contributed by atoms with van der Waals surface area (Å²) in [7, 11) is 2.22. The Kier molecular flexibility index (Phi) is 3.06. The first-order valence-electron chi connectivity index (χ1n) is 8.77. The van der Waals surface area contributed by atoms with Crippen LogP contribution < -0.4 is 0 Å². The van der Waals surface area contributed by atoms with Gasteiger partial charge in [0.2, 0.25) is 0 Å². The van der Waals surface area contributed by atoms with Crippen LogP contribution in [0.25, 0.3) is 0 Å². The molecule has 120 valence electrons. The molecule has 0 radical (unpaired) electrons. The molecular formula is C16H25N5O. The van der Waals surface area contributed by atoms with Gasteiger partial charge in [-0.1, -0.05) is 0 Å². The number of rotatable bonds is 4. The Morgan fingerprint density at radius 1 is 1.14 bits per heavy atom. The molecule has 5 rings (SSSR count). The molecule has 6 nitrogen and oxygen atoms in total. The molecule has 1 aromatic heterocycles. The molecule has 2 saturated carbocycles. The second kappa shape index (κ2) is 5.01. The van der Waals surface area contributed by atoms with Crippen LogP contribution in [0, 0.1) is 0 Å². The number of likely N-dealkylation sites (N-methyl/N-ethyl adjacent to an activating group) is 1. The smallest absolute Gasteiger partial charge is 0.147 e. The number of fused-ring (bicyclic) bond motifs is 1. The van der Waals surface area contributed by atoms with Crippen molar-refractivity contribution < 1.29 is 4.74 Å². The van der Waals surface area contributed by atoms with Gasteiger partial charge >= 0.3 is 0 Å². The average Bonchev–Trinajstić information content (AvgIpc) is 3.43. The summed E-state index contributed by atoms with van der Waals surface area (Å²) in [6.07, 6.45) is 5.59. The standard InChI is InChI=1S/C16H25N5O/c1-19-6-7-22-14-9-20(8-13(14)19)10-15-17-18-16(11-2-3-11)21(15)12-4-5-12/h11-14H,2-10H2,1H3/t13-,14+/m0/s1. The van der Waals surface area contributed by atoms with Crippen molar-refractivity contribution in [2.24, 2.45) is 0 Å². The maximum Gasteiger partial charge on any atom is 0.147 e. The van der Waals surface area contributed by atoms with Gasteiger partial charge in [-0.3, -0.25) is 9.80 Å². The highest BCUT2D eigenvalue weighted by Crippen LogP contribution is 2.44. The molecule has 0 bridgehead atoms. The van der Waals surface area contributed by atoms with Gasteiger partial charge in [-0.2, -0.15) is 0 Å². The lowest BCUT2D eigenvalue weighted by molar-refractivity contribution is -0.0370. The van der Waals surface area contributed by atoms with E-state index in [9.17, 15) is 0 Å². The van der Waals surface area contributed by atoms with Gasteiger partial charge in [0, 0.05) is 37.6 Å². The first kappa shape index (κ1) is 13.5. The van der Waals surface area contributed by atoms with E-state index in [0.717, 1.165) is 32.8 Å². The van der Waals surface area contributed by atoms with Crippen LogP contribution in [0.15, 0.2) is 0 Å². The van der Waals surface area contributed by atoms with Gasteiger partial charge in [0.1, 0.15) is 11.6 Å². The number of hydrogen-bond acceptors (Lipinski definition) is 5. The minimum atomic E-state index is 0.374. The van der Waals surface area contributed by atoms with Crippen molar-refractivity contribution in [2.75, 3.05) is 33.3 Å². The van der Waals surface area contributed by atoms with Gasteiger partial charge in [-0.25, -0.2) is 0 Å². The van der Waals surface area contributed by atoms with E-state index in [0.29, 0.717) is 24.1 Å². The van der Waals surface area contributed by atoms with Crippen LogP contribution in [0.4, 0.5) is 0 Å². The molecule has 4 aliphatic rings. The zero-order chi connectivity index (χ0) is 14.7. The Morgan fingerprint density at radius 3 is 2.73 bits per heavy atom. The maximum atomic E-state index is 5.96. The Hall–Kier alpha value is -0.980. The van der Waals surface area contributed by atoms with Crippen LogP contribution in [0.2, 0.25) is 0 Å². The summed E-state index contributed by atoms with van der Waals surface area (Å²) in [6, 6.07) is 1.23. The van der Waals surface area contributed by atoms with Crippen molar-refractivity contribution in [3.05, 3.63) is 11.6 Å². The zero-order valence-corrected chi connectivity index (χ0v) is 13.3. The Bertz CT molecular complexity index is 565. The van der Waals surface area contributed by atoms with E-state index in [1.54, 1.807) is 0 Å². The molecular weight excluding hydrogens is 278 g/mol. The Labute approximate surface area is 131 Å². The molecule has 2 aliphatic carbocycles. The van der Waals surface area contributed by atoms with E-state index < -0.39 is 0 Å². The highest BCUT2D eigenvalue weighted by molar-refractivity contribution is 5.12. The molecule has 4 fully saturated rings. The topological polar surface area (TPSA) is 46.4 Å². The normalized spacial score (nSPS) is 33.3. The van der Waals surface area contributed by atoms with Gasteiger partial charge in [0.25, 0.3) is 0 Å². The summed E-state index contributed by atoms with van der Waals surface area (Å²) in [5.41, 5.74) is 0. The van der Waals surface area contributed by atoms with Crippen LogP contribution >= 0.6 is 0 Å². The van der Waals surface area contributed by atoms with E-state index in [1.165, 1.54) is 37.3 Å². The van der Waals surface area contributed by atoms with Crippen LogP contribution in [-0.2, 0) is 11.3 Å². The number of ether oxygens (including phenoxy) is 1. The Morgan fingerprint density at radius 2 is 2.00 bits per heavy atom. The average molecular weight is 303 g/mol. The molecule has 6 heteroatoms. The van der Waals surface area contributed by atoms with Crippen molar-refractivity contribution in [1.82, 2.24) is 24.6 Å². The van der Waals surface area contributed by atoms with E-state index in [4.69, 9.17) is 4.74 Å². The molecule has 0 aromatic carbocycles. The van der Waals surface area contributed by atoms with Gasteiger partial charge < -0.3 is 9.30 Å². The second-order valence-electron chi connectivity index (χ2n) is 7.50. The van der Waals surface area contributed by atoms with Crippen LogP contribution in [0.1, 0.15) is 49.3 Å². The minimum Gasteiger partial charge on any atom is -0.374 e. The predicted octanol–water partition coefficient (Wildman–Crippen LogP) is 1.01. The van der Waals surface area contributed by atoms with E-state index >= 15 is 0 Å².